The van der Waals surface area contributed by atoms with E-state index in [1.165, 1.54) is 30.4 Å². The van der Waals surface area contributed by atoms with E-state index >= 15 is 0 Å². The van der Waals surface area contributed by atoms with Gasteiger partial charge in [-0.2, -0.15) is 0 Å². The van der Waals surface area contributed by atoms with E-state index in [9.17, 15) is 0 Å². The molecule has 1 aliphatic carbocycles. The fourth-order valence-electron chi connectivity index (χ4n) is 2.86. The molecule has 1 aromatic heterocycles. The normalized spacial score (nSPS) is 15.3. The third kappa shape index (κ3) is 3.61. The number of aryl methyl sites for hydroxylation is 2. The number of benzene rings is 1. The molecular formula is C18H22N2O. The van der Waals surface area contributed by atoms with Gasteiger partial charge in [-0.05, 0) is 67.9 Å². The Labute approximate surface area is 126 Å². The lowest BCUT2D eigenvalue weighted by atomic mass is 9.92. The van der Waals surface area contributed by atoms with Crippen LogP contribution in [0.3, 0.4) is 0 Å². The molecule has 1 aliphatic rings. The van der Waals surface area contributed by atoms with Crippen LogP contribution in [0, 0.1) is 0 Å². The zero-order chi connectivity index (χ0) is 14.7. The number of aromatic nitrogens is 1. The van der Waals surface area contributed by atoms with Gasteiger partial charge in [-0.3, -0.25) is 0 Å². The lowest BCUT2D eigenvalue weighted by molar-refractivity contribution is 0.460. The Morgan fingerprint density at radius 2 is 1.95 bits per heavy atom. The molecular weight excluding hydrogens is 260 g/mol. The minimum Gasteiger partial charge on any atom is -0.439 e. The summed E-state index contributed by atoms with van der Waals surface area (Å²) in [6.45, 7) is 2.00. The minimum atomic E-state index is 0.152. The van der Waals surface area contributed by atoms with Gasteiger partial charge in [0.05, 0.1) is 0 Å². The predicted octanol–water partition coefficient (Wildman–Crippen LogP) is 3.64. The summed E-state index contributed by atoms with van der Waals surface area (Å²) < 4.78 is 5.86. The summed E-state index contributed by atoms with van der Waals surface area (Å²) in [7, 11) is 0. The first-order valence-corrected chi connectivity index (χ1v) is 7.71. The van der Waals surface area contributed by atoms with Crippen LogP contribution in [-0.4, -0.2) is 11.0 Å². The highest BCUT2D eigenvalue weighted by atomic mass is 16.5. The first kappa shape index (κ1) is 14.1. The van der Waals surface area contributed by atoms with Gasteiger partial charge < -0.3 is 10.5 Å². The summed E-state index contributed by atoms with van der Waals surface area (Å²) in [6.07, 6.45) is 7.62. The number of pyridine rings is 1. The first-order valence-electron chi connectivity index (χ1n) is 7.71. The summed E-state index contributed by atoms with van der Waals surface area (Å²) >= 11 is 0. The maximum absolute atomic E-state index is 5.86. The van der Waals surface area contributed by atoms with Crippen molar-refractivity contribution in [1.29, 1.82) is 0 Å². The quantitative estimate of drug-likeness (QED) is 0.931. The van der Waals surface area contributed by atoms with Crippen molar-refractivity contribution in [3.05, 3.63) is 53.2 Å². The maximum atomic E-state index is 5.86. The molecule has 0 radical (unpaired) electrons. The molecule has 3 heteroatoms. The maximum Gasteiger partial charge on any atom is 0.219 e. The zero-order valence-electron chi connectivity index (χ0n) is 12.5. The smallest absolute Gasteiger partial charge is 0.219 e. The van der Waals surface area contributed by atoms with E-state index in [0.717, 1.165) is 24.2 Å². The molecule has 0 bridgehead atoms. The minimum absolute atomic E-state index is 0.152. The summed E-state index contributed by atoms with van der Waals surface area (Å²) in [4.78, 5) is 4.36. The van der Waals surface area contributed by atoms with Crippen LogP contribution in [0.5, 0.6) is 11.6 Å². The van der Waals surface area contributed by atoms with Gasteiger partial charge in [0, 0.05) is 18.3 Å². The molecule has 2 aromatic rings. The molecule has 0 aliphatic heterocycles. The highest BCUT2D eigenvalue weighted by Gasteiger charge is 2.10. The Morgan fingerprint density at radius 1 is 1.14 bits per heavy atom. The fraction of sp³-hybridized carbons (Fsp3) is 0.389. The van der Waals surface area contributed by atoms with Crippen LogP contribution in [0.25, 0.3) is 0 Å². The third-order valence-electron chi connectivity index (χ3n) is 3.90. The van der Waals surface area contributed by atoms with Crippen LogP contribution >= 0.6 is 0 Å². The molecule has 1 unspecified atom stereocenters. The van der Waals surface area contributed by atoms with Crippen molar-refractivity contribution in [2.45, 2.75) is 45.1 Å². The molecule has 110 valence electrons. The van der Waals surface area contributed by atoms with Gasteiger partial charge in [0.25, 0.3) is 0 Å². The molecule has 0 amide bonds. The van der Waals surface area contributed by atoms with Gasteiger partial charge in [-0.25, -0.2) is 4.98 Å². The summed E-state index contributed by atoms with van der Waals surface area (Å²) in [6, 6.07) is 10.5. The van der Waals surface area contributed by atoms with Crippen LogP contribution in [0.2, 0.25) is 0 Å². The van der Waals surface area contributed by atoms with Crippen LogP contribution in [-0.2, 0) is 19.3 Å². The molecule has 0 fully saturated rings. The molecule has 21 heavy (non-hydrogen) atoms. The highest BCUT2D eigenvalue weighted by Crippen LogP contribution is 2.27. The van der Waals surface area contributed by atoms with Crippen molar-refractivity contribution < 1.29 is 4.74 Å². The Hall–Kier alpha value is -1.87. The van der Waals surface area contributed by atoms with Crippen molar-refractivity contribution in [3.63, 3.8) is 0 Å². The summed E-state index contributed by atoms with van der Waals surface area (Å²) in [5.41, 5.74) is 9.82. The molecule has 1 aromatic carbocycles. The van der Waals surface area contributed by atoms with E-state index in [4.69, 9.17) is 10.5 Å². The van der Waals surface area contributed by atoms with Gasteiger partial charge in [-0.15, -0.1) is 0 Å². The fourth-order valence-corrected chi connectivity index (χ4v) is 2.86. The molecule has 0 saturated carbocycles. The van der Waals surface area contributed by atoms with E-state index < -0.39 is 0 Å². The number of rotatable bonds is 4. The zero-order valence-corrected chi connectivity index (χ0v) is 12.5. The van der Waals surface area contributed by atoms with Gasteiger partial charge in [0.1, 0.15) is 5.75 Å². The van der Waals surface area contributed by atoms with E-state index in [1.54, 1.807) is 0 Å². The predicted molar refractivity (Wildman–Crippen MR) is 84.7 cm³/mol. The number of fused-ring (bicyclic) bond motifs is 1. The highest BCUT2D eigenvalue weighted by molar-refractivity contribution is 5.38. The second-order valence-electron chi connectivity index (χ2n) is 5.93. The van der Waals surface area contributed by atoms with E-state index in [2.05, 4.69) is 17.1 Å². The van der Waals surface area contributed by atoms with Crippen LogP contribution < -0.4 is 10.5 Å². The molecule has 3 nitrogen and oxygen atoms in total. The summed E-state index contributed by atoms with van der Waals surface area (Å²) in [5, 5.41) is 0. The molecule has 0 saturated heterocycles. The molecule has 3 rings (SSSR count). The number of nitrogens with zero attached hydrogens (tertiary/aromatic N) is 1. The Bertz CT molecular complexity index is 605. The lowest BCUT2D eigenvalue weighted by Gasteiger charge is -2.16. The molecule has 1 heterocycles. The SMILES string of the molecule is CC(N)Cc1ccc(Oc2ccc3c(c2)CCCC3)nc1. The van der Waals surface area contributed by atoms with Crippen molar-refractivity contribution >= 4 is 0 Å². The molecule has 0 spiro atoms. The summed E-state index contributed by atoms with van der Waals surface area (Å²) in [5.74, 6) is 1.52. The number of ether oxygens (including phenoxy) is 1. The van der Waals surface area contributed by atoms with Crippen molar-refractivity contribution in [1.82, 2.24) is 4.98 Å². The average Bonchev–Trinajstić information content (AvgIpc) is 2.49. The standard InChI is InChI=1S/C18H22N2O/c1-13(19)10-14-6-9-18(20-12-14)21-17-8-7-15-4-2-3-5-16(15)11-17/h6-9,11-13H,2-5,10,19H2,1H3. The van der Waals surface area contributed by atoms with Gasteiger partial charge in [0.2, 0.25) is 5.88 Å². The topological polar surface area (TPSA) is 48.1 Å². The largest absolute Gasteiger partial charge is 0.439 e. The average molecular weight is 282 g/mol. The molecule has 1 atom stereocenters. The van der Waals surface area contributed by atoms with Gasteiger partial charge >= 0.3 is 0 Å². The number of nitrogens with two attached hydrogens (primary N) is 1. The van der Waals surface area contributed by atoms with E-state index in [1.807, 2.05) is 31.3 Å². The Balaban J connectivity index is 1.71. The van der Waals surface area contributed by atoms with E-state index in [-0.39, 0.29) is 6.04 Å². The van der Waals surface area contributed by atoms with Gasteiger partial charge in [-0.1, -0.05) is 12.1 Å². The first-order chi connectivity index (χ1) is 10.2. The van der Waals surface area contributed by atoms with Gasteiger partial charge in [0.15, 0.2) is 0 Å². The van der Waals surface area contributed by atoms with Crippen LogP contribution in [0.1, 0.15) is 36.5 Å². The van der Waals surface area contributed by atoms with Crippen LogP contribution in [0.4, 0.5) is 0 Å². The second-order valence-corrected chi connectivity index (χ2v) is 5.93. The van der Waals surface area contributed by atoms with Crippen molar-refractivity contribution in [3.8, 4) is 11.6 Å². The molecule has 2 N–H and O–H groups in total. The van der Waals surface area contributed by atoms with Crippen molar-refractivity contribution in [2.24, 2.45) is 5.73 Å². The Morgan fingerprint density at radius 3 is 2.67 bits per heavy atom. The number of hydrogen-bond donors (Lipinski definition) is 1. The van der Waals surface area contributed by atoms with E-state index in [0.29, 0.717) is 5.88 Å². The number of hydrogen-bond acceptors (Lipinski definition) is 3. The second kappa shape index (κ2) is 6.27. The lowest BCUT2D eigenvalue weighted by Crippen LogP contribution is -2.17. The monoisotopic (exact) mass is 282 g/mol. The van der Waals surface area contributed by atoms with Crippen molar-refractivity contribution in [2.75, 3.05) is 0 Å². The Kier molecular flexibility index (Phi) is 4.20. The third-order valence-corrected chi connectivity index (χ3v) is 3.90. The van der Waals surface area contributed by atoms with Crippen LogP contribution in [0.15, 0.2) is 36.5 Å².